The Morgan fingerprint density at radius 1 is 0.938 bits per heavy atom. The number of hydrogen-bond donors (Lipinski definition) is 1. The molecule has 0 fully saturated rings. The number of rotatable bonds is 12. The van der Waals surface area contributed by atoms with Crippen molar-refractivity contribution in [3.05, 3.63) is 0 Å². The van der Waals surface area contributed by atoms with Crippen LogP contribution in [0.25, 0.3) is 0 Å². The highest BCUT2D eigenvalue weighted by Crippen LogP contribution is 2.09. The molecule has 0 aromatic carbocycles. The van der Waals surface area contributed by atoms with E-state index in [4.69, 9.17) is 4.74 Å². The molecular formula is C14H30OS. The van der Waals surface area contributed by atoms with Gasteiger partial charge in [-0.2, -0.15) is 12.6 Å². The molecule has 0 aliphatic heterocycles. The van der Waals surface area contributed by atoms with Gasteiger partial charge in [-0.05, 0) is 30.9 Å². The van der Waals surface area contributed by atoms with Gasteiger partial charge in [0, 0.05) is 13.2 Å². The van der Waals surface area contributed by atoms with E-state index >= 15 is 0 Å². The standard InChI is InChI=1S/C14H30OS/c1-3-4-5-6-7-8-11-15-12-9-14(2)10-13-16/h14,16H,3-13H2,1-2H3. The maximum atomic E-state index is 5.63. The van der Waals surface area contributed by atoms with Gasteiger partial charge in [0.1, 0.15) is 0 Å². The van der Waals surface area contributed by atoms with Crippen molar-refractivity contribution in [2.24, 2.45) is 5.92 Å². The lowest BCUT2D eigenvalue weighted by atomic mass is 10.1. The van der Waals surface area contributed by atoms with Crippen molar-refractivity contribution in [1.82, 2.24) is 0 Å². The molecule has 0 aromatic rings. The van der Waals surface area contributed by atoms with Crippen molar-refractivity contribution in [3.63, 3.8) is 0 Å². The first-order chi connectivity index (χ1) is 7.81. The quantitative estimate of drug-likeness (QED) is 0.387. The molecule has 1 atom stereocenters. The van der Waals surface area contributed by atoms with Crippen molar-refractivity contribution in [2.45, 2.75) is 65.2 Å². The van der Waals surface area contributed by atoms with E-state index in [0.717, 1.165) is 24.9 Å². The molecule has 0 aliphatic carbocycles. The smallest absolute Gasteiger partial charge is 0.0468 e. The van der Waals surface area contributed by atoms with Gasteiger partial charge in [0.25, 0.3) is 0 Å². The van der Waals surface area contributed by atoms with Crippen LogP contribution in [0.5, 0.6) is 0 Å². The highest BCUT2D eigenvalue weighted by Gasteiger charge is 2.00. The lowest BCUT2D eigenvalue weighted by Crippen LogP contribution is -2.03. The van der Waals surface area contributed by atoms with Crippen LogP contribution >= 0.6 is 12.6 Å². The summed E-state index contributed by atoms with van der Waals surface area (Å²) in [5.74, 6) is 1.76. The SMILES string of the molecule is CCCCCCCCOCCC(C)CCS. The van der Waals surface area contributed by atoms with Gasteiger partial charge in [-0.15, -0.1) is 0 Å². The van der Waals surface area contributed by atoms with Crippen LogP contribution in [-0.2, 0) is 4.74 Å². The lowest BCUT2D eigenvalue weighted by Gasteiger charge is -2.09. The minimum atomic E-state index is 0.766. The van der Waals surface area contributed by atoms with Gasteiger partial charge in [-0.3, -0.25) is 0 Å². The number of unbranched alkanes of at least 4 members (excludes halogenated alkanes) is 5. The maximum Gasteiger partial charge on any atom is 0.0468 e. The monoisotopic (exact) mass is 246 g/mol. The first kappa shape index (κ1) is 16.3. The Bertz CT molecular complexity index is 128. The third kappa shape index (κ3) is 12.4. The maximum absolute atomic E-state index is 5.63. The van der Waals surface area contributed by atoms with Crippen LogP contribution in [0.2, 0.25) is 0 Å². The van der Waals surface area contributed by atoms with E-state index in [1.807, 2.05) is 0 Å². The van der Waals surface area contributed by atoms with E-state index in [2.05, 4.69) is 26.5 Å². The van der Waals surface area contributed by atoms with Crippen LogP contribution in [0.4, 0.5) is 0 Å². The van der Waals surface area contributed by atoms with Gasteiger partial charge in [0.05, 0.1) is 0 Å². The second-order valence-electron chi connectivity index (χ2n) is 4.79. The van der Waals surface area contributed by atoms with Gasteiger partial charge in [-0.1, -0.05) is 46.0 Å². The molecule has 0 heterocycles. The molecule has 16 heavy (non-hydrogen) atoms. The zero-order valence-corrected chi connectivity index (χ0v) is 12.1. The molecule has 0 rings (SSSR count). The summed E-state index contributed by atoms with van der Waals surface area (Å²) in [4.78, 5) is 0. The molecule has 0 saturated heterocycles. The van der Waals surface area contributed by atoms with Crippen LogP contribution < -0.4 is 0 Å². The molecule has 1 nitrogen and oxygen atoms in total. The fraction of sp³-hybridized carbons (Fsp3) is 1.00. The van der Waals surface area contributed by atoms with Gasteiger partial charge in [0.15, 0.2) is 0 Å². The molecule has 98 valence electrons. The minimum absolute atomic E-state index is 0.766. The predicted octanol–water partition coefficient (Wildman–Crippen LogP) is 4.71. The van der Waals surface area contributed by atoms with Gasteiger partial charge in [0.2, 0.25) is 0 Å². The van der Waals surface area contributed by atoms with Gasteiger partial charge < -0.3 is 4.74 Å². The van der Waals surface area contributed by atoms with Crippen LogP contribution in [0.3, 0.4) is 0 Å². The second-order valence-corrected chi connectivity index (χ2v) is 5.23. The summed E-state index contributed by atoms with van der Waals surface area (Å²) in [6.07, 6.45) is 10.5. The molecule has 0 bridgehead atoms. The number of hydrogen-bond acceptors (Lipinski definition) is 2. The van der Waals surface area contributed by atoms with Crippen molar-refractivity contribution >= 4 is 12.6 Å². The fourth-order valence-electron chi connectivity index (χ4n) is 1.74. The fourth-order valence-corrected chi connectivity index (χ4v) is 2.18. The zero-order valence-electron chi connectivity index (χ0n) is 11.2. The van der Waals surface area contributed by atoms with E-state index in [1.165, 1.54) is 51.4 Å². The summed E-state index contributed by atoms with van der Waals surface area (Å²) < 4.78 is 5.63. The first-order valence-electron chi connectivity index (χ1n) is 6.99. The highest BCUT2D eigenvalue weighted by molar-refractivity contribution is 7.80. The normalized spacial score (nSPS) is 12.9. The summed E-state index contributed by atoms with van der Waals surface area (Å²) in [6.45, 7) is 6.43. The van der Waals surface area contributed by atoms with E-state index in [-0.39, 0.29) is 0 Å². The lowest BCUT2D eigenvalue weighted by molar-refractivity contribution is 0.117. The summed E-state index contributed by atoms with van der Waals surface area (Å²) in [5.41, 5.74) is 0. The van der Waals surface area contributed by atoms with Crippen molar-refractivity contribution < 1.29 is 4.74 Å². The number of ether oxygens (including phenoxy) is 1. The molecule has 0 spiro atoms. The average Bonchev–Trinajstić information content (AvgIpc) is 2.27. The summed E-state index contributed by atoms with van der Waals surface area (Å²) in [7, 11) is 0. The molecule has 1 unspecified atom stereocenters. The van der Waals surface area contributed by atoms with Crippen LogP contribution in [-0.4, -0.2) is 19.0 Å². The van der Waals surface area contributed by atoms with E-state index in [9.17, 15) is 0 Å². The molecule has 0 amide bonds. The van der Waals surface area contributed by atoms with Crippen LogP contribution in [0.15, 0.2) is 0 Å². The second kappa shape index (κ2) is 13.4. The molecule has 0 N–H and O–H groups in total. The third-order valence-electron chi connectivity index (χ3n) is 3.02. The molecule has 0 aliphatic rings. The van der Waals surface area contributed by atoms with Crippen LogP contribution in [0, 0.1) is 5.92 Å². The molecule has 0 aromatic heterocycles. The Labute approximate surface area is 108 Å². The molecule has 0 saturated carbocycles. The van der Waals surface area contributed by atoms with Crippen molar-refractivity contribution in [3.8, 4) is 0 Å². The van der Waals surface area contributed by atoms with Crippen molar-refractivity contribution in [1.29, 1.82) is 0 Å². The first-order valence-corrected chi connectivity index (χ1v) is 7.63. The van der Waals surface area contributed by atoms with Crippen LogP contribution in [0.1, 0.15) is 65.2 Å². The molecule has 2 heteroatoms. The van der Waals surface area contributed by atoms with Gasteiger partial charge in [-0.25, -0.2) is 0 Å². The molecular weight excluding hydrogens is 216 g/mol. The predicted molar refractivity (Wildman–Crippen MR) is 76.4 cm³/mol. The average molecular weight is 246 g/mol. The Balaban J connectivity index is 2.98. The summed E-state index contributed by atoms with van der Waals surface area (Å²) in [5, 5.41) is 0. The van der Waals surface area contributed by atoms with Gasteiger partial charge >= 0.3 is 0 Å². The summed E-state index contributed by atoms with van der Waals surface area (Å²) in [6, 6.07) is 0. The Morgan fingerprint density at radius 3 is 2.31 bits per heavy atom. The molecule has 0 radical (unpaired) electrons. The van der Waals surface area contributed by atoms with E-state index in [1.54, 1.807) is 0 Å². The largest absolute Gasteiger partial charge is 0.381 e. The third-order valence-corrected chi connectivity index (χ3v) is 3.28. The minimum Gasteiger partial charge on any atom is -0.381 e. The zero-order chi connectivity index (χ0) is 12.1. The van der Waals surface area contributed by atoms with E-state index < -0.39 is 0 Å². The summed E-state index contributed by atoms with van der Waals surface area (Å²) >= 11 is 4.24. The highest BCUT2D eigenvalue weighted by atomic mass is 32.1. The Hall–Kier alpha value is 0.310. The Kier molecular flexibility index (Phi) is 13.6. The topological polar surface area (TPSA) is 9.23 Å². The van der Waals surface area contributed by atoms with E-state index in [0.29, 0.717) is 0 Å². The Morgan fingerprint density at radius 2 is 1.62 bits per heavy atom. The number of thiol groups is 1. The van der Waals surface area contributed by atoms with Crippen molar-refractivity contribution in [2.75, 3.05) is 19.0 Å².